The van der Waals surface area contributed by atoms with Crippen LogP contribution >= 0.6 is 11.6 Å². The molecule has 2 aromatic rings. The number of hydrazone groups is 1. The number of morpholine rings is 1. The van der Waals surface area contributed by atoms with E-state index in [0.717, 1.165) is 11.1 Å². The zero-order valence-electron chi connectivity index (χ0n) is 16.1. The van der Waals surface area contributed by atoms with Gasteiger partial charge in [0.05, 0.1) is 30.3 Å². The second-order valence-electron chi connectivity index (χ2n) is 6.93. The van der Waals surface area contributed by atoms with Gasteiger partial charge in [0.15, 0.2) is 0 Å². The lowest BCUT2D eigenvalue weighted by Gasteiger charge is -2.31. The number of hydrogen-bond acceptors (Lipinski definition) is 6. The molecule has 0 atom stereocenters. The number of sulfone groups is 1. The summed E-state index contributed by atoms with van der Waals surface area (Å²) in [5.74, 6) is -0.620. The van der Waals surface area contributed by atoms with E-state index in [1.807, 2.05) is 24.3 Å². The number of benzene rings is 2. The number of fused-ring (bicyclic) bond motifs is 1. The number of anilines is 1. The quantitative estimate of drug-likeness (QED) is 0.722. The van der Waals surface area contributed by atoms with Gasteiger partial charge >= 0.3 is 0 Å². The summed E-state index contributed by atoms with van der Waals surface area (Å²) in [6, 6.07) is 12.1. The highest BCUT2D eigenvalue weighted by Gasteiger charge is 2.39. The number of nitrogens with zero attached hydrogens (tertiary/aromatic N) is 3. The molecule has 0 spiro atoms. The Bertz CT molecular complexity index is 1120. The van der Waals surface area contributed by atoms with Crippen molar-refractivity contribution in [1.29, 1.82) is 0 Å². The zero-order chi connectivity index (χ0) is 21.3. The van der Waals surface area contributed by atoms with Crippen molar-refractivity contribution in [1.82, 2.24) is 4.90 Å². The lowest BCUT2D eigenvalue weighted by molar-refractivity contribution is -0.127. The van der Waals surface area contributed by atoms with Crippen molar-refractivity contribution >= 4 is 44.2 Å². The molecule has 0 aromatic heterocycles. The molecule has 2 aliphatic heterocycles. The van der Waals surface area contributed by atoms with Crippen LogP contribution < -0.4 is 5.01 Å². The summed E-state index contributed by atoms with van der Waals surface area (Å²) >= 11 is 6.13. The third kappa shape index (κ3) is 3.86. The summed E-state index contributed by atoms with van der Waals surface area (Å²) in [6.07, 6.45) is 1.74. The van der Waals surface area contributed by atoms with Gasteiger partial charge in [-0.3, -0.25) is 9.80 Å². The molecule has 2 aliphatic rings. The first kappa shape index (κ1) is 20.6. The molecule has 0 saturated carbocycles. The van der Waals surface area contributed by atoms with E-state index >= 15 is 0 Å². The standard InChI is InChI=1S/C21H20ClN3O4S/c1-2-15-3-5-16(6-4-15)14-25-18-13-17(22)7-8-19(18)30(27,28)20(23-25)21(26)24-9-11-29-12-10-24/h2-8,13H,1,9-12,14H2. The van der Waals surface area contributed by atoms with Gasteiger partial charge in [-0.2, -0.15) is 5.10 Å². The molecule has 1 saturated heterocycles. The molecular formula is C21H20ClN3O4S. The summed E-state index contributed by atoms with van der Waals surface area (Å²) in [5, 5.41) is 5.69. The predicted molar refractivity (Wildman–Crippen MR) is 116 cm³/mol. The number of rotatable bonds is 4. The van der Waals surface area contributed by atoms with Crippen LogP contribution in [0.25, 0.3) is 6.08 Å². The number of carbonyl (C=O) groups is 1. The first-order valence-corrected chi connectivity index (χ1v) is 11.3. The number of carbonyl (C=O) groups excluding carboxylic acids is 1. The molecule has 156 valence electrons. The molecule has 0 radical (unpaired) electrons. The molecule has 2 aromatic carbocycles. The third-order valence-corrected chi connectivity index (χ3v) is 6.91. The van der Waals surface area contributed by atoms with Crippen molar-refractivity contribution in [2.24, 2.45) is 5.10 Å². The van der Waals surface area contributed by atoms with Gasteiger partial charge in [0, 0.05) is 18.1 Å². The zero-order valence-corrected chi connectivity index (χ0v) is 17.7. The molecule has 7 nitrogen and oxygen atoms in total. The normalized spacial score (nSPS) is 17.8. The molecular weight excluding hydrogens is 426 g/mol. The van der Waals surface area contributed by atoms with E-state index in [4.69, 9.17) is 16.3 Å². The average molecular weight is 446 g/mol. The summed E-state index contributed by atoms with van der Waals surface area (Å²) in [4.78, 5) is 14.5. The monoisotopic (exact) mass is 445 g/mol. The van der Waals surface area contributed by atoms with Gasteiger partial charge in [0.2, 0.25) is 14.9 Å². The minimum atomic E-state index is -4.08. The highest BCUT2D eigenvalue weighted by Crippen LogP contribution is 2.35. The highest BCUT2D eigenvalue weighted by molar-refractivity contribution is 8.08. The van der Waals surface area contributed by atoms with Crippen molar-refractivity contribution in [2.75, 3.05) is 31.3 Å². The number of hydrogen-bond donors (Lipinski definition) is 0. The smallest absolute Gasteiger partial charge is 0.286 e. The Morgan fingerprint density at radius 2 is 1.87 bits per heavy atom. The summed E-state index contributed by atoms with van der Waals surface area (Å²) < 4.78 is 31.6. The van der Waals surface area contributed by atoms with Crippen LogP contribution in [0, 0.1) is 0 Å². The third-order valence-electron chi connectivity index (χ3n) is 4.98. The molecule has 30 heavy (non-hydrogen) atoms. The largest absolute Gasteiger partial charge is 0.378 e. The molecule has 0 unspecified atom stereocenters. The lowest BCUT2D eigenvalue weighted by Crippen LogP contribution is -2.47. The van der Waals surface area contributed by atoms with Crippen molar-refractivity contribution < 1.29 is 17.9 Å². The number of amides is 1. The van der Waals surface area contributed by atoms with E-state index in [1.54, 1.807) is 12.1 Å². The van der Waals surface area contributed by atoms with Gasteiger partial charge in [-0.1, -0.05) is 48.5 Å². The minimum absolute atomic E-state index is 0.0150. The fourth-order valence-electron chi connectivity index (χ4n) is 3.35. The molecule has 4 rings (SSSR count). The van der Waals surface area contributed by atoms with E-state index in [-0.39, 0.29) is 11.4 Å². The van der Waals surface area contributed by atoms with E-state index in [0.29, 0.717) is 37.0 Å². The first-order valence-electron chi connectivity index (χ1n) is 9.39. The summed E-state index contributed by atoms with van der Waals surface area (Å²) in [6.45, 7) is 5.40. The van der Waals surface area contributed by atoms with Gasteiger partial charge < -0.3 is 9.64 Å². The second kappa shape index (κ2) is 8.22. The topological polar surface area (TPSA) is 79.3 Å². The molecule has 1 fully saturated rings. The van der Waals surface area contributed by atoms with E-state index in [9.17, 15) is 13.2 Å². The minimum Gasteiger partial charge on any atom is -0.378 e. The Balaban J connectivity index is 1.76. The van der Waals surface area contributed by atoms with Crippen LogP contribution in [-0.2, 0) is 25.9 Å². The Morgan fingerprint density at radius 3 is 2.53 bits per heavy atom. The Morgan fingerprint density at radius 1 is 1.17 bits per heavy atom. The van der Waals surface area contributed by atoms with Gasteiger partial charge in [0.1, 0.15) is 0 Å². The Labute approximate surface area is 180 Å². The van der Waals surface area contributed by atoms with Crippen molar-refractivity contribution in [2.45, 2.75) is 11.4 Å². The fraction of sp³-hybridized carbons (Fsp3) is 0.238. The molecule has 0 N–H and O–H groups in total. The second-order valence-corrected chi connectivity index (χ2v) is 9.20. The maximum Gasteiger partial charge on any atom is 0.286 e. The van der Waals surface area contributed by atoms with Gasteiger partial charge in [-0.15, -0.1) is 0 Å². The van der Waals surface area contributed by atoms with Crippen LogP contribution in [0.3, 0.4) is 0 Å². The maximum atomic E-state index is 13.2. The lowest BCUT2D eigenvalue weighted by atomic mass is 10.1. The Kier molecular flexibility index (Phi) is 5.64. The molecule has 1 amide bonds. The van der Waals surface area contributed by atoms with E-state index in [1.165, 1.54) is 22.0 Å². The van der Waals surface area contributed by atoms with Crippen LogP contribution in [0.5, 0.6) is 0 Å². The van der Waals surface area contributed by atoms with Crippen molar-refractivity contribution in [3.63, 3.8) is 0 Å². The number of ether oxygens (including phenoxy) is 1. The van der Waals surface area contributed by atoms with E-state index < -0.39 is 20.8 Å². The predicted octanol–water partition coefficient (Wildman–Crippen LogP) is 2.95. The molecule has 2 heterocycles. The summed E-state index contributed by atoms with van der Waals surface area (Å²) in [7, 11) is -4.08. The molecule has 0 bridgehead atoms. The average Bonchev–Trinajstić information content (AvgIpc) is 2.76. The van der Waals surface area contributed by atoms with Crippen LogP contribution in [0.15, 0.2) is 59.0 Å². The SMILES string of the molecule is C=Cc1ccc(CN2N=C(C(=O)N3CCOCC3)S(=O)(=O)c3ccc(Cl)cc32)cc1. The maximum absolute atomic E-state index is 13.2. The van der Waals surface area contributed by atoms with Gasteiger partial charge in [0.25, 0.3) is 5.91 Å². The molecule has 0 aliphatic carbocycles. The van der Waals surface area contributed by atoms with Gasteiger partial charge in [-0.25, -0.2) is 8.42 Å². The van der Waals surface area contributed by atoms with Crippen molar-refractivity contribution in [3.8, 4) is 0 Å². The fourth-order valence-corrected chi connectivity index (χ4v) is 4.98. The summed E-state index contributed by atoms with van der Waals surface area (Å²) in [5.41, 5.74) is 2.21. The highest BCUT2D eigenvalue weighted by atomic mass is 35.5. The van der Waals surface area contributed by atoms with Crippen LogP contribution in [0.1, 0.15) is 11.1 Å². The number of halogens is 1. The van der Waals surface area contributed by atoms with Crippen molar-refractivity contribution in [3.05, 3.63) is 65.2 Å². The molecule has 9 heteroatoms. The van der Waals surface area contributed by atoms with Gasteiger partial charge in [-0.05, 0) is 29.3 Å². The van der Waals surface area contributed by atoms with E-state index in [2.05, 4.69) is 11.7 Å². The Hall–Kier alpha value is -2.68. The van der Waals surface area contributed by atoms with Crippen LogP contribution in [0.4, 0.5) is 5.69 Å². The van der Waals surface area contributed by atoms with Crippen LogP contribution in [-0.4, -0.2) is 50.6 Å². The first-order chi connectivity index (χ1) is 14.4. The van der Waals surface area contributed by atoms with Crippen LogP contribution in [0.2, 0.25) is 5.02 Å².